The number of carbonyl (C=O) groups excluding carboxylic acids is 1. The number of amides is 1. The molecule has 1 aliphatic rings. The van der Waals surface area contributed by atoms with Crippen molar-refractivity contribution < 1.29 is 9.53 Å². The number of carbonyl (C=O) groups is 1. The van der Waals surface area contributed by atoms with E-state index < -0.39 is 5.91 Å². The first kappa shape index (κ1) is 16.7. The summed E-state index contributed by atoms with van der Waals surface area (Å²) in [4.78, 5) is 26.2. The average molecular weight is 369 g/mol. The maximum Gasteiger partial charge on any atom is 0.267 e. The summed E-state index contributed by atoms with van der Waals surface area (Å²) in [6, 6.07) is 5.36. The zero-order valence-corrected chi connectivity index (χ0v) is 15.0. The lowest BCUT2D eigenvalue weighted by Crippen LogP contribution is -2.36. The molecule has 0 saturated carbocycles. The normalized spacial score (nSPS) is 15.3. The van der Waals surface area contributed by atoms with Crippen molar-refractivity contribution in [1.29, 1.82) is 0 Å². The number of nitrogens with two attached hydrogens (primary N) is 1. The Morgan fingerprint density at radius 1 is 1.27 bits per heavy atom. The standard InChI is InChI=1S/C18H19N5O2S/c19-17(24)15-9-13(1-5-20-15)25-10-12-2-6-23(7-3-12)18-16-14(4-8-26-16)21-11-22-18/h1,4-5,8-9,11-12H,2-3,6-7,10H2,(H2,19,24). The molecule has 1 aliphatic heterocycles. The summed E-state index contributed by atoms with van der Waals surface area (Å²) >= 11 is 1.68. The van der Waals surface area contributed by atoms with E-state index in [1.54, 1.807) is 36.0 Å². The minimum absolute atomic E-state index is 0.223. The second kappa shape index (κ2) is 7.25. The van der Waals surface area contributed by atoms with Gasteiger partial charge in [0.2, 0.25) is 0 Å². The zero-order chi connectivity index (χ0) is 17.9. The van der Waals surface area contributed by atoms with Gasteiger partial charge in [-0.2, -0.15) is 0 Å². The molecule has 7 nitrogen and oxygen atoms in total. The topological polar surface area (TPSA) is 94.2 Å². The second-order valence-electron chi connectivity index (χ2n) is 6.31. The highest BCUT2D eigenvalue weighted by atomic mass is 32.1. The maximum absolute atomic E-state index is 11.2. The predicted molar refractivity (Wildman–Crippen MR) is 101 cm³/mol. The van der Waals surface area contributed by atoms with Gasteiger partial charge in [-0.25, -0.2) is 9.97 Å². The van der Waals surface area contributed by atoms with E-state index in [1.807, 2.05) is 6.07 Å². The van der Waals surface area contributed by atoms with Gasteiger partial charge in [0, 0.05) is 25.4 Å². The Morgan fingerprint density at radius 3 is 2.92 bits per heavy atom. The Labute approximate surface area is 154 Å². The fourth-order valence-electron chi connectivity index (χ4n) is 3.16. The quantitative estimate of drug-likeness (QED) is 0.742. The third-order valence-electron chi connectivity index (χ3n) is 4.61. The Kier molecular flexibility index (Phi) is 4.66. The van der Waals surface area contributed by atoms with E-state index in [-0.39, 0.29) is 5.69 Å². The first-order chi connectivity index (χ1) is 12.7. The molecule has 0 aliphatic carbocycles. The number of nitrogens with zero attached hydrogens (tertiary/aromatic N) is 4. The fraction of sp³-hybridized carbons (Fsp3) is 0.333. The van der Waals surface area contributed by atoms with Crippen molar-refractivity contribution in [2.24, 2.45) is 11.7 Å². The number of ether oxygens (including phenoxy) is 1. The van der Waals surface area contributed by atoms with E-state index >= 15 is 0 Å². The number of primary amides is 1. The largest absolute Gasteiger partial charge is 0.493 e. The Balaban J connectivity index is 1.35. The molecule has 3 aromatic heterocycles. The molecule has 0 radical (unpaired) electrons. The summed E-state index contributed by atoms with van der Waals surface area (Å²) in [5.41, 5.74) is 6.48. The molecule has 8 heteroatoms. The maximum atomic E-state index is 11.2. The van der Waals surface area contributed by atoms with Gasteiger partial charge in [0.15, 0.2) is 0 Å². The van der Waals surface area contributed by atoms with Crippen LogP contribution in [0.2, 0.25) is 0 Å². The van der Waals surface area contributed by atoms with Crippen LogP contribution in [0.5, 0.6) is 5.75 Å². The van der Waals surface area contributed by atoms with Gasteiger partial charge in [-0.1, -0.05) is 0 Å². The minimum atomic E-state index is -0.548. The molecule has 0 aromatic carbocycles. The smallest absolute Gasteiger partial charge is 0.267 e. The molecule has 0 spiro atoms. The predicted octanol–water partition coefficient (Wildman–Crippen LogP) is 2.48. The van der Waals surface area contributed by atoms with Crippen LogP contribution in [0.25, 0.3) is 10.2 Å². The molecule has 0 unspecified atom stereocenters. The third-order valence-corrected chi connectivity index (χ3v) is 5.51. The van der Waals surface area contributed by atoms with Crippen molar-refractivity contribution in [3.05, 3.63) is 41.8 Å². The summed E-state index contributed by atoms with van der Waals surface area (Å²) in [6.45, 7) is 2.51. The number of hydrogen-bond acceptors (Lipinski definition) is 7. The van der Waals surface area contributed by atoms with E-state index in [0.717, 1.165) is 42.0 Å². The van der Waals surface area contributed by atoms with Crippen LogP contribution in [0.3, 0.4) is 0 Å². The number of anilines is 1. The van der Waals surface area contributed by atoms with Gasteiger partial charge in [-0.05, 0) is 36.3 Å². The van der Waals surface area contributed by atoms with Gasteiger partial charge in [0.05, 0.1) is 16.8 Å². The van der Waals surface area contributed by atoms with Crippen molar-refractivity contribution in [3.63, 3.8) is 0 Å². The number of thiophene rings is 1. The molecule has 4 heterocycles. The second-order valence-corrected chi connectivity index (χ2v) is 7.23. The van der Waals surface area contributed by atoms with Gasteiger partial charge >= 0.3 is 0 Å². The number of aromatic nitrogens is 3. The van der Waals surface area contributed by atoms with E-state index in [9.17, 15) is 4.79 Å². The highest BCUT2D eigenvalue weighted by molar-refractivity contribution is 7.17. The number of hydrogen-bond donors (Lipinski definition) is 1. The number of fused-ring (bicyclic) bond motifs is 1. The van der Waals surface area contributed by atoms with Crippen molar-refractivity contribution in [2.45, 2.75) is 12.8 Å². The molecular weight excluding hydrogens is 350 g/mol. The summed E-state index contributed by atoms with van der Waals surface area (Å²) in [5, 5.41) is 2.05. The molecule has 1 saturated heterocycles. The lowest BCUT2D eigenvalue weighted by atomic mass is 9.98. The monoisotopic (exact) mass is 369 g/mol. The van der Waals surface area contributed by atoms with Crippen LogP contribution < -0.4 is 15.4 Å². The van der Waals surface area contributed by atoms with Gasteiger partial charge in [0.25, 0.3) is 5.91 Å². The molecule has 0 atom stereocenters. The number of pyridine rings is 1. The van der Waals surface area contributed by atoms with Crippen molar-refractivity contribution in [3.8, 4) is 5.75 Å². The molecule has 2 N–H and O–H groups in total. The van der Waals surface area contributed by atoms with Crippen LogP contribution >= 0.6 is 11.3 Å². The van der Waals surface area contributed by atoms with Gasteiger partial charge in [-0.3, -0.25) is 9.78 Å². The van der Waals surface area contributed by atoms with Gasteiger partial charge in [0.1, 0.15) is 23.6 Å². The summed E-state index contributed by atoms with van der Waals surface area (Å²) in [5.74, 6) is 1.59. The third kappa shape index (κ3) is 3.45. The molecule has 1 amide bonds. The summed E-state index contributed by atoms with van der Waals surface area (Å²) in [7, 11) is 0. The number of rotatable bonds is 5. The minimum Gasteiger partial charge on any atom is -0.493 e. The Bertz CT molecular complexity index is 921. The molecule has 134 valence electrons. The van der Waals surface area contributed by atoms with Crippen LogP contribution in [0.1, 0.15) is 23.3 Å². The molecule has 26 heavy (non-hydrogen) atoms. The Hall–Kier alpha value is -2.74. The SMILES string of the molecule is NC(=O)c1cc(OCC2CCN(c3ncnc4ccsc34)CC2)ccn1. The van der Waals surface area contributed by atoms with Crippen LogP contribution in [-0.4, -0.2) is 40.6 Å². The summed E-state index contributed by atoms with van der Waals surface area (Å²) < 4.78 is 7.00. The molecule has 1 fully saturated rings. The van der Waals surface area contributed by atoms with Crippen LogP contribution in [0, 0.1) is 5.92 Å². The first-order valence-corrected chi connectivity index (χ1v) is 9.40. The zero-order valence-electron chi connectivity index (χ0n) is 14.2. The van der Waals surface area contributed by atoms with Crippen LogP contribution in [-0.2, 0) is 0 Å². The molecule has 4 rings (SSSR count). The molecular formula is C18H19N5O2S. The van der Waals surface area contributed by atoms with E-state index in [1.165, 1.54) is 0 Å². The molecule has 0 bridgehead atoms. The lowest BCUT2D eigenvalue weighted by Gasteiger charge is -2.32. The van der Waals surface area contributed by atoms with Crippen LogP contribution in [0.4, 0.5) is 5.82 Å². The number of piperidine rings is 1. The fourth-order valence-corrected chi connectivity index (χ4v) is 4.02. The highest BCUT2D eigenvalue weighted by Gasteiger charge is 2.22. The average Bonchev–Trinajstić information content (AvgIpc) is 3.16. The van der Waals surface area contributed by atoms with Crippen LogP contribution in [0.15, 0.2) is 36.1 Å². The van der Waals surface area contributed by atoms with E-state index in [2.05, 4.69) is 25.2 Å². The summed E-state index contributed by atoms with van der Waals surface area (Å²) in [6.07, 6.45) is 5.24. The van der Waals surface area contributed by atoms with Crippen molar-refractivity contribution in [2.75, 3.05) is 24.6 Å². The van der Waals surface area contributed by atoms with E-state index in [0.29, 0.717) is 18.3 Å². The van der Waals surface area contributed by atoms with E-state index in [4.69, 9.17) is 10.5 Å². The Morgan fingerprint density at radius 2 is 2.12 bits per heavy atom. The van der Waals surface area contributed by atoms with Crippen molar-refractivity contribution >= 4 is 33.3 Å². The van der Waals surface area contributed by atoms with Gasteiger partial charge in [-0.15, -0.1) is 11.3 Å². The molecule has 3 aromatic rings. The first-order valence-electron chi connectivity index (χ1n) is 8.52. The lowest BCUT2D eigenvalue weighted by molar-refractivity contribution is 0.0995. The van der Waals surface area contributed by atoms with Crippen molar-refractivity contribution in [1.82, 2.24) is 15.0 Å². The van der Waals surface area contributed by atoms with Gasteiger partial charge < -0.3 is 15.4 Å². The highest BCUT2D eigenvalue weighted by Crippen LogP contribution is 2.30.